The van der Waals surface area contributed by atoms with Gasteiger partial charge in [-0.05, 0) is 35.7 Å². The molecule has 2 heterocycles. The van der Waals surface area contributed by atoms with E-state index < -0.39 is 11.6 Å². The maximum atomic E-state index is 13.5. The van der Waals surface area contributed by atoms with Crippen molar-refractivity contribution >= 4 is 17.2 Å². The maximum Gasteiger partial charge on any atom is 0.261 e. The van der Waals surface area contributed by atoms with Gasteiger partial charge in [0.25, 0.3) is 5.91 Å². The molecule has 1 N–H and O–H groups in total. The molecule has 1 aromatic carbocycles. The lowest BCUT2D eigenvalue weighted by atomic mass is 10.3. The van der Waals surface area contributed by atoms with E-state index in [4.69, 9.17) is 9.15 Å². The molecule has 0 saturated heterocycles. The predicted octanol–water partition coefficient (Wildman–Crippen LogP) is 4.13. The lowest BCUT2D eigenvalue weighted by molar-refractivity contribution is 0.0952. The van der Waals surface area contributed by atoms with Crippen molar-refractivity contribution in [2.24, 2.45) is 0 Å². The summed E-state index contributed by atoms with van der Waals surface area (Å²) >= 11 is 1.26. The summed E-state index contributed by atoms with van der Waals surface area (Å²) in [6.45, 7) is 0.390. The number of nitrogens with one attached hydrogen (secondary N) is 1. The summed E-state index contributed by atoms with van der Waals surface area (Å²) in [6, 6.07) is 8.30. The van der Waals surface area contributed by atoms with Crippen LogP contribution in [0.3, 0.4) is 0 Å². The third-order valence-corrected chi connectivity index (χ3v) is 4.15. The monoisotopic (exact) mass is 349 g/mol. The van der Waals surface area contributed by atoms with Crippen LogP contribution < -0.4 is 10.1 Å². The Kier molecular flexibility index (Phi) is 4.90. The molecule has 0 fully saturated rings. The lowest BCUT2D eigenvalue weighted by Crippen LogP contribution is -2.21. The van der Waals surface area contributed by atoms with Gasteiger partial charge in [-0.3, -0.25) is 4.79 Å². The van der Waals surface area contributed by atoms with Crippen molar-refractivity contribution in [1.29, 1.82) is 0 Å². The number of thiophene rings is 1. The first-order chi connectivity index (χ1) is 11.6. The van der Waals surface area contributed by atoms with E-state index in [0.29, 0.717) is 17.2 Å². The van der Waals surface area contributed by atoms with Gasteiger partial charge in [0.2, 0.25) is 0 Å². The van der Waals surface area contributed by atoms with Gasteiger partial charge in [0.05, 0.1) is 17.7 Å². The molecule has 0 aliphatic heterocycles. The van der Waals surface area contributed by atoms with Gasteiger partial charge in [-0.15, -0.1) is 11.3 Å². The van der Waals surface area contributed by atoms with Crippen LogP contribution in [-0.2, 0) is 13.2 Å². The van der Waals surface area contributed by atoms with Crippen LogP contribution in [0.1, 0.15) is 21.0 Å². The van der Waals surface area contributed by atoms with E-state index in [1.54, 1.807) is 23.6 Å². The van der Waals surface area contributed by atoms with Crippen molar-refractivity contribution in [2.45, 2.75) is 13.2 Å². The summed E-state index contributed by atoms with van der Waals surface area (Å²) < 4.78 is 36.8. The van der Waals surface area contributed by atoms with E-state index in [2.05, 4.69) is 5.32 Å². The highest BCUT2D eigenvalue weighted by atomic mass is 32.1. The second kappa shape index (κ2) is 7.27. The van der Waals surface area contributed by atoms with Crippen LogP contribution in [0.2, 0.25) is 0 Å². The molecule has 0 unspecified atom stereocenters. The van der Waals surface area contributed by atoms with E-state index in [1.807, 2.05) is 0 Å². The number of carbonyl (C=O) groups is 1. The Morgan fingerprint density at radius 1 is 1.25 bits per heavy atom. The van der Waals surface area contributed by atoms with Crippen molar-refractivity contribution in [3.05, 3.63) is 75.9 Å². The Balaban J connectivity index is 1.55. The molecule has 0 atom stereocenters. The average molecular weight is 349 g/mol. The van der Waals surface area contributed by atoms with Crippen LogP contribution in [0.15, 0.2) is 52.5 Å². The minimum absolute atomic E-state index is 0.0357. The summed E-state index contributed by atoms with van der Waals surface area (Å²) in [5.74, 6) is -1.02. The van der Waals surface area contributed by atoms with Gasteiger partial charge in [0.15, 0.2) is 11.6 Å². The van der Waals surface area contributed by atoms with Gasteiger partial charge in [0, 0.05) is 11.6 Å². The Hall–Kier alpha value is -2.67. The second-order valence-corrected chi connectivity index (χ2v) is 5.86. The van der Waals surface area contributed by atoms with Crippen molar-refractivity contribution in [1.82, 2.24) is 5.32 Å². The molecule has 4 nitrogen and oxygen atoms in total. The van der Waals surface area contributed by atoms with Crippen LogP contribution in [0.5, 0.6) is 5.75 Å². The number of carbonyl (C=O) groups excluding carboxylic acids is 1. The van der Waals surface area contributed by atoms with Crippen molar-refractivity contribution < 1.29 is 22.7 Å². The van der Waals surface area contributed by atoms with Gasteiger partial charge >= 0.3 is 0 Å². The first-order valence-electron chi connectivity index (χ1n) is 7.07. The van der Waals surface area contributed by atoms with Crippen LogP contribution in [0.4, 0.5) is 8.78 Å². The lowest BCUT2D eigenvalue weighted by Gasteiger charge is -2.05. The first kappa shape index (κ1) is 16.2. The number of amides is 1. The minimum Gasteiger partial charge on any atom is -0.486 e. The quantitative estimate of drug-likeness (QED) is 0.728. The number of ether oxygens (including phenoxy) is 1. The Bertz CT molecular complexity index is 830. The van der Waals surface area contributed by atoms with E-state index >= 15 is 0 Å². The largest absolute Gasteiger partial charge is 0.486 e. The summed E-state index contributed by atoms with van der Waals surface area (Å²) in [4.78, 5) is 12.5. The van der Waals surface area contributed by atoms with Gasteiger partial charge in [-0.25, -0.2) is 8.78 Å². The molecule has 24 heavy (non-hydrogen) atoms. The standard InChI is InChI=1S/C17H13F2NO3S/c18-12-3-4-15(14(19)7-12)23-9-11-6-16(24-10-11)17(21)20-8-13-2-1-5-22-13/h1-7,10H,8-9H2,(H,20,21). The maximum absolute atomic E-state index is 13.5. The fraction of sp³-hybridized carbons (Fsp3) is 0.118. The van der Waals surface area contributed by atoms with Crippen LogP contribution in [0.25, 0.3) is 0 Å². The number of hydrogen-bond donors (Lipinski definition) is 1. The Morgan fingerprint density at radius 3 is 2.88 bits per heavy atom. The van der Waals surface area contributed by atoms with Crippen LogP contribution in [-0.4, -0.2) is 5.91 Å². The summed E-state index contributed by atoms with van der Waals surface area (Å²) in [5, 5.41) is 4.49. The first-order valence-corrected chi connectivity index (χ1v) is 7.95. The summed E-state index contributed by atoms with van der Waals surface area (Å²) in [6.07, 6.45) is 1.54. The predicted molar refractivity (Wildman–Crippen MR) is 84.9 cm³/mol. The minimum atomic E-state index is -0.762. The number of benzene rings is 1. The fourth-order valence-electron chi connectivity index (χ4n) is 1.99. The molecule has 0 aliphatic rings. The molecule has 3 aromatic rings. The molecule has 0 spiro atoms. The third-order valence-electron chi connectivity index (χ3n) is 3.17. The fourth-order valence-corrected chi connectivity index (χ4v) is 2.80. The Morgan fingerprint density at radius 2 is 2.12 bits per heavy atom. The molecule has 1 amide bonds. The zero-order chi connectivity index (χ0) is 16.9. The summed E-state index contributed by atoms with van der Waals surface area (Å²) in [5.41, 5.74) is 0.729. The van der Waals surface area contributed by atoms with Crippen molar-refractivity contribution in [3.8, 4) is 5.75 Å². The molecule has 0 saturated carbocycles. The molecule has 0 aliphatic carbocycles. The highest BCUT2D eigenvalue weighted by Crippen LogP contribution is 2.21. The van der Waals surface area contributed by atoms with Crippen LogP contribution in [0, 0.1) is 11.6 Å². The Labute approximate surface area is 140 Å². The van der Waals surface area contributed by atoms with Gasteiger partial charge in [0.1, 0.15) is 18.2 Å². The molecular formula is C17H13F2NO3S. The topological polar surface area (TPSA) is 51.5 Å². The molecule has 2 aromatic heterocycles. The highest BCUT2D eigenvalue weighted by molar-refractivity contribution is 7.12. The molecular weight excluding hydrogens is 336 g/mol. The summed E-state index contributed by atoms with van der Waals surface area (Å²) in [7, 11) is 0. The van der Waals surface area contributed by atoms with Gasteiger partial charge in [-0.2, -0.15) is 0 Å². The molecule has 124 valence electrons. The zero-order valence-electron chi connectivity index (χ0n) is 12.4. The number of rotatable bonds is 6. The SMILES string of the molecule is O=C(NCc1ccco1)c1cc(COc2ccc(F)cc2F)cs1. The molecule has 3 rings (SSSR count). The normalized spacial score (nSPS) is 10.6. The average Bonchev–Trinajstić information content (AvgIpc) is 3.23. The number of halogens is 2. The third kappa shape index (κ3) is 3.99. The van der Waals surface area contributed by atoms with E-state index in [1.165, 1.54) is 23.7 Å². The van der Waals surface area contributed by atoms with E-state index in [0.717, 1.165) is 17.7 Å². The van der Waals surface area contributed by atoms with E-state index in [-0.39, 0.29) is 18.3 Å². The molecule has 0 radical (unpaired) electrons. The second-order valence-electron chi connectivity index (χ2n) is 4.94. The number of furan rings is 1. The number of hydrogen-bond acceptors (Lipinski definition) is 4. The van der Waals surface area contributed by atoms with E-state index in [9.17, 15) is 13.6 Å². The van der Waals surface area contributed by atoms with Crippen LogP contribution >= 0.6 is 11.3 Å². The zero-order valence-corrected chi connectivity index (χ0v) is 13.2. The van der Waals surface area contributed by atoms with Gasteiger partial charge in [-0.1, -0.05) is 0 Å². The highest BCUT2D eigenvalue weighted by Gasteiger charge is 2.11. The van der Waals surface area contributed by atoms with Gasteiger partial charge < -0.3 is 14.5 Å². The van der Waals surface area contributed by atoms with Crippen molar-refractivity contribution in [3.63, 3.8) is 0 Å². The smallest absolute Gasteiger partial charge is 0.261 e. The van der Waals surface area contributed by atoms with Crippen molar-refractivity contribution in [2.75, 3.05) is 0 Å². The molecule has 0 bridgehead atoms. The molecule has 7 heteroatoms.